The largest absolute Gasteiger partial charge is 0.459 e. The van der Waals surface area contributed by atoms with Crippen molar-refractivity contribution in [3.05, 3.63) is 101 Å². The van der Waals surface area contributed by atoms with Gasteiger partial charge in [0.2, 0.25) is 0 Å². The van der Waals surface area contributed by atoms with Gasteiger partial charge in [-0.05, 0) is 24.6 Å². The minimum absolute atomic E-state index is 0.123. The van der Waals surface area contributed by atoms with Crippen LogP contribution in [0.1, 0.15) is 32.8 Å². The Balaban J connectivity index is 1.62. The Morgan fingerprint density at radius 3 is 2.45 bits per heavy atom. The molecule has 7 heteroatoms. The first-order valence-corrected chi connectivity index (χ1v) is 9.58. The van der Waals surface area contributed by atoms with Crippen LogP contribution in [0.4, 0.5) is 0 Å². The van der Waals surface area contributed by atoms with Gasteiger partial charge in [0, 0.05) is 17.7 Å². The summed E-state index contributed by atoms with van der Waals surface area (Å²) in [6.45, 7) is 2.27. The minimum Gasteiger partial charge on any atom is -0.459 e. The van der Waals surface area contributed by atoms with Gasteiger partial charge < -0.3 is 15.1 Å². The summed E-state index contributed by atoms with van der Waals surface area (Å²) < 4.78 is 5.11. The van der Waals surface area contributed by atoms with Crippen molar-refractivity contribution in [2.45, 2.75) is 13.5 Å². The number of carbonyl (C=O) groups is 2. The monoisotopic (exact) mass is 410 g/mol. The van der Waals surface area contributed by atoms with E-state index in [4.69, 9.17) is 4.42 Å². The zero-order chi connectivity index (χ0) is 21.8. The number of nitriles is 1. The third-order valence-electron chi connectivity index (χ3n) is 4.79. The molecule has 0 aliphatic carbocycles. The Morgan fingerprint density at radius 2 is 1.77 bits per heavy atom. The van der Waals surface area contributed by atoms with Crippen LogP contribution < -0.4 is 10.6 Å². The average molecular weight is 410 g/mol. The summed E-state index contributed by atoms with van der Waals surface area (Å²) in [5, 5.41) is 15.1. The van der Waals surface area contributed by atoms with Crippen molar-refractivity contribution in [1.82, 2.24) is 10.6 Å². The molecule has 152 valence electrons. The number of aryl methyl sites for hydroxylation is 1. The van der Waals surface area contributed by atoms with Gasteiger partial charge in [-0.2, -0.15) is 5.26 Å². The molecule has 2 N–H and O–H groups in total. The number of aliphatic imine (C=N–C) groups is 1. The highest BCUT2D eigenvalue weighted by molar-refractivity contribution is 6.20. The smallest absolute Gasteiger partial charge is 0.292 e. The van der Waals surface area contributed by atoms with E-state index < -0.39 is 11.8 Å². The van der Waals surface area contributed by atoms with Gasteiger partial charge in [0.1, 0.15) is 17.5 Å². The lowest BCUT2D eigenvalue weighted by atomic mass is 10.0. The number of hydrogen-bond acceptors (Lipinski definition) is 5. The number of amides is 2. The van der Waals surface area contributed by atoms with Crippen LogP contribution in [0, 0.1) is 18.3 Å². The molecule has 2 heterocycles. The van der Waals surface area contributed by atoms with Crippen LogP contribution in [0.5, 0.6) is 0 Å². The SMILES string of the molecule is Cc1ccc(CNC(=O)/C(C#N)=C2\N=C(NC(=O)c3ccco3)c3ccccc32)cc1. The van der Waals surface area contributed by atoms with E-state index in [1.54, 1.807) is 30.3 Å². The Bertz CT molecular complexity index is 1250. The molecule has 2 aromatic carbocycles. The van der Waals surface area contributed by atoms with Crippen LogP contribution in [0.25, 0.3) is 5.70 Å². The summed E-state index contributed by atoms with van der Waals surface area (Å²) in [7, 11) is 0. The van der Waals surface area contributed by atoms with E-state index >= 15 is 0 Å². The van der Waals surface area contributed by atoms with Gasteiger partial charge >= 0.3 is 0 Å². The maximum Gasteiger partial charge on any atom is 0.292 e. The van der Waals surface area contributed by atoms with Gasteiger partial charge in [-0.25, -0.2) is 4.99 Å². The van der Waals surface area contributed by atoms with Gasteiger partial charge in [-0.15, -0.1) is 0 Å². The molecule has 0 saturated carbocycles. The Labute approximate surface area is 178 Å². The quantitative estimate of drug-likeness (QED) is 0.508. The third-order valence-corrected chi connectivity index (χ3v) is 4.79. The number of rotatable bonds is 4. The van der Waals surface area contributed by atoms with E-state index in [1.165, 1.54) is 12.3 Å². The van der Waals surface area contributed by atoms with Crippen molar-refractivity contribution >= 4 is 23.3 Å². The second-order valence-electron chi connectivity index (χ2n) is 6.94. The molecule has 0 unspecified atom stereocenters. The molecule has 3 aromatic rings. The van der Waals surface area contributed by atoms with Gasteiger partial charge in [-0.1, -0.05) is 54.1 Å². The molecule has 1 aliphatic rings. The maximum absolute atomic E-state index is 12.8. The fourth-order valence-corrected chi connectivity index (χ4v) is 3.18. The number of benzene rings is 2. The first kappa shape index (κ1) is 19.9. The normalized spacial score (nSPS) is 13.6. The molecular weight excluding hydrogens is 392 g/mol. The van der Waals surface area contributed by atoms with Crippen LogP contribution >= 0.6 is 0 Å². The zero-order valence-electron chi connectivity index (χ0n) is 16.7. The van der Waals surface area contributed by atoms with Gasteiger partial charge in [0.25, 0.3) is 11.8 Å². The second kappa shape index (κ2) is 8.51. The van der Waals surface area contributed by atoms with Crippen LogP contribution in [-0.4, -0.2) is 17.6 Å². The maximum atomic E-state index is 12.8. The molecule has 2 amide bonds. The van der Waals surface area contributed by atoms with Crippen LogP contribution in [-0.2, 0) is 11.3 Å². The highest BCUT2D eigenvalue weighted by atomic mass is 16.3. The van der Waals surface area contributed by atoms with E-state index in [-0.39, 0.29) is 29.4 Å². The predicted molar refractivity (Wildman–Crippen MR) is 115 cm³/mol. The topological polar surface area (TPSA) is 107 Å². The molecule has 0 atom stereocenters. The molecule has 0 fully saturated rings. The molecule has 1 aromatic heterocycles. The lowest BCUT2D eigenvalue weighted by molar-refractivity contribution is -0.117. The fourth-order valence-electron chi connectivity index (χ4n) is 3.18. The number of nitrogens with one attached hydrogen (secondary N) is 2. The first-order chi connectivity index (χ1) is 15.1. The Morgan fingerprint density at radius 1 is 1.03 bits per heavy atom. The van der Waals surface area contributed by atoms with Crippen LogP contribution in [0.3, 0.4) is 0 Å². The summed E-state index contributed by atoms with van der Waals surface area (Å²) in [4.78, 5) is 29.6. The van der Waals surface area contributed by atoms with Gasteiger partial charge in [0.05, 0.1) is 12.0 Å². The van der Waals surface area contributed by atoms with Gasteiger partial charge in [0.15, 0.2) is 5.76 Å². The number of nitrogens with zero attached hydrogens (tertiary/aromatic N) is 2. The van der Waals surface area contributed by atoms with E-state index in [9.17, 15) is 14.9 Å². The highest BCUT2D eigenvalue weighted by Crippen LogP contribution is 2.30. The number of fused-ring (bicyclic) bond motifs is 1. The third kappa shape index (κ3) is 4.14. The van der Waals surface area contributed by atoms with E-state index in [0.717, 1.165) is 11.1 Å². The summed E-state index contributed by atoms with van der Waals surface area (Å²) in [6.07, 6.45) is 1.40. The standard InChI is InChI=1S/C24H18N4O3/c1-15-8-10-16(11-9-15)14-26-23(29)19(13-25)21-17-5-2-3-6-18(17)22(27-21)28-24(30)20-7-4-12-31-20/h2-12H,14H2,1H3,(H,26,29)(H,27,28,30)/b21-19-. The van der Waals surface area contributed by atoms with E-state index in [2.05, 4.69) is 15.6 Å². The van der Waals surface area contributed by atoms with Crippen molar-refractivity contribution in [1.29, 1.82) is 5.26 Å². The lowest BCUT2D eigenvalue weighted by Gasteiger charge is -2.07. The summed E-state index contributed by atoms with van der Waals surface area (Å²) in [6, 6.07) is 19.9. The molecule has 1 aliphatic heterocycles. The van der Waals surface area contributed by atoms with Gasteiger partial charge in [-0.3, -0.25) is 9.59 Å². The molecule has 4 rings (SSSR count). The molecule has 0 spiro atoms. The molecule has 0 saturated heterocycles. The van der Waals surface area contributed by atoms with Crippen molar-refractivity contribution in [2.75, 3.05) is 0 Å². The summed E-state index contributed by atoms with van der Waals surface area (Å²) >= 11 is 0. The fraction of sp³-hybridized carbons (Fsp3) is 0.0833. The molecule has 0 bridgehead atoms. The number of hydrogen-bond donors (Lipinski definition) is 2. The minimum atomic E-state index is -0.532. The molecule has 31 heavy (non-hydrogen) atoms. The van der Waals surface area contributed by atoms with E-state index in [1.807, 2.05) is 37.3 Å². The molecule has 7 nitrogen and oxygen atoms in total. The highest BCUT2D eigenvalue weighted by Gasteiger charge is 2.27. The predicted octanol–water partition coefficient (Wildman–Crippen LogP) is 3.33. The second-order valence-corrected chi connectivity index (χ2v) is 6.94. The molecule has 0 radical (unpaired) electrons. The van der Waals surface area contributed by atoms with Crippen molar-refractivity contribution in [3.63, 3.8) is 0 Å². The summed E-state index contributed by atoms with van der Waals surface area (Å²) in [5.41, 5.74) is 3.35. The molecular formula is C24H18N4O3. The van der Waals surface area contributed by atoms with Crippen LogP contribution in [0.15, 0.2) is 81.9 Å². The number of furan rings is 1. The summed E-state index contributed by atoms with van der Waals surface area (Å²) in [5.74, 6) is -0.614. The Hall–Kier alpha value is -4.44. The van der Waals surface area contributed by atoms with E-state index in [0.29, 0.717) is 11.1 Å². The average Bonchev–Trinajstić information content (AvgIpc) is 3.44. The van der Waals surface area contributed by atoms with Crippen molar-refractivity contribution in [3.8, 4) is 6.07 Å². The van der Waals surface area contributed by atoms with Crippen molar-refractivity contribution in [2.24, 2.45) is 4.99 Å². The van der Waals surface area contributed by atoms with Crippen LogP contribution in [0.2, 0.25) is 0 Å². The lowest BCUT2D eigenvalue weighted by Crippen LogP contribution is -2.30. The van der Waals surface area contributed by atoms with Crippen molar-refractivity contribution < 1.29 is 14.0 Å². The zero-order valence-corrected chi connectivity index (χ0v) is 16.7. The Kier molecular flexibility index (Phi) is 5.45. The first-order valence-electron chi connectivity index (χ1n) is 9.58. The number of carbonyl (C=O) groups excluding carboxylic acids is 2. The number of amidine groups is 1.